The average Bonchev–Trinajstić information content (AvgIpc) is 3.09. The molecule has 0 saturated carbocycles. The predicted octanol–water partition coefficient (Wildman–Crippen LogP) is 4.10. The van der Waals surface area contributed by atoms with E-state index in [2.05, 4.69) is 11.9 Å². The summed E-state index contributed by atoms with van der Waals surface area (Å²) in [5, 5.41) is 0. The third-order valence-corrected chi connectivity index (χ3v) is 7.49. The summed E-state index contributed by atoms with van der Waals surface area (Å²) < 4.78 is 35.1. The summed E-state index contributed by atoms with van der Waals surface area (Å²) in [4.78, 5) is 18.8. The van der Waals surface area contributed by atoms with Crippen molar-refractivity contribution in [2.45, 2.75) is 56.6 Å². The van der Waals surface area contributed by atoms with Crippen LogP contribution in [0.5, 0.6) is 5.75 Å². The predicted molar refractivity (Wildman–Crippen MR) is 121 cm³/mol. The Balaban J connectivity index is 1.44. The summed E-state index contributed by atoms with van der Waals surface area (Å²) in [6, 6.07) is 8.82. The van der Waals surface area contributed by atoms with Crippen molar-refractivity contribution in [2.24, 2.45) is 5.92 Å². The van der Waals surface area contributed by atoms with Crippen LogP contribution in [0.1, 0.15) is 39.2 Å². The standard InChI is InChI=1S/C24H30N2O5S/c1-16(2)30-23(27)26-11-9-19(10-12-26)24(3)14-18-13-21(25-15-22(18)31-24)17-5-7-20(8-6-17)32(4,28)29/h5-8,13,15-16,19H,9-12,14H2,1-4H3/t24-/m0/s1. The number of ether oxygens (including phenoxy) is 2. The molecule has 4 rings (SSSR count). The number of pyridine rings is 1. The first-order valence-corrected chi connectivity index (χ1v) is 12.9. The molecule has 3 heterocycles. The van der Waals surface area contributed by atoms with Gasteiger partial charge < -0.3 is 14.4 Å². The number of hydrogen-bond donors (Lipinski definition) is 0. The highest BCUT2D eigenvalue weighted by atomic mass is 32.2. The Bertz CT molecular complexity index is 1110. The van der Waals surface area contributed by atoms with Gasteiger partial charge in [0.25, 0.3) is 0 Å². The number of likely N-dealkylation sites (tertiary alicyclic amines) is 1. The molecule has 2 aromatic rings. The molecule has 1 saturated heterocycles. The van der Waals surface area contributed by atoms with Crippen LogP contribution in [0.15, 0.2) is 41.4 Å². The van der Waals surface area contributed by atoms with Gasteiger partial charge in [0.2, 0.25) is 0 Å². The van der Waals surface area contributed by atoms with Crippen molar-refractivity contribution in [3.05, 3.63) is 42.1 Å². The number of amides is 1. The molecule has 0 spiro atoms. The van der Waals surface area contributed by atoms with Gasteiger partial charge in [-0.15, -0.1) is 0 Å². The molecule has 2 aliphatic rings. The van der Waals surface area contributed by atoms with E-state index in [-0.39, 0.29) is 17.8 Å². The van der Waals surface area contributed by atoms with Crippen LogP contribution in [-0.2, 0) is 21.0 Å². The Morgan fingerprint density at radius 1 is 1.22 bits per heavy atom. The fraction of sp³-hybridized carbons (Fsp3) is 0.500. The van der Waals surface area contributed by atoms with Crippen LogP contribution >= 0.6 is 0 Å². The molecule has 1 aromatic heterocycles. The summed E-state index contributed by atoms with van der Waals surface area (Å²) in [7, 11) is -3.23. The highest BCUT2D eigenvalue weighted by molar-refractivity contribution is 7.90. The molecule has 0 bridgehead atoms. The number of rotatable bonds is 4. The second-order valence-corrected chi connectivity index (χ2v) is 11.3. The smallest absolute Gasteiger partial charge is 0.410 e. The molecular formula is C24H30N2O5S. The number of carbonyl (C=O) groups excluding carboxylic acids is 1. The molecule has 0 aliphatic carbocycles. The lowest BCUT2D eigenvalue weighted by Gasteiger charge is -2.39. The first kappa shape index (κ1) is 22.6. The van der Waals surface area contributed by atoms with Crippen LogP contribution in [0.2, 0.25) is 0 Å². The second-order valence-electron chi connectivity index (χ2n) is 9.26. The molecule has 1 atom stereocenters. The third-order valence-electron chi connectivity index (χ3n) is 6.36. The molecular weight excluding hydrogens is 428 g/mol. The Morgan fingerprint density at radius 2 is 1.88 bits per heavy atom. The van der Waals surface area contributed by atoms with Crippen LogP contribution in [-0.4, -0.2) is 55.4 Å². The van der Waals surface area contributed by atoms with Gasteiger partial charge in [-0.2, -0.15) is 0 Å². The van der Waals surface area contributed by atoms with Crippen molar-refractivity contribution in [2.75, 3.05) is 19.3 Å². The highest BCUT2D eigenvalue weighted by Gasteiger charge is 2.44. The fourth-order valence-electron chi connectivity index (χ4n) is 4.59. The summed E-state index contributed by atoms with van der Waals surface area (Å²) in [5.41, 5.74) is 2.43. The number of fused-ring (bicyclic) bond motifs is 1. The van der Waals surface area contributed by atoms with Crippen LogP contribution in [0.25, 0.3) is 11.3 Å². The Hall–Kier alpha value is -2.61. The van der Waals surface area contributed by atoms with Crippen molar-refractivity contribution in [1.82, 2.24) is 9.88 Å². The number of benzene rings is 1. The average molecular weight is 459 g/mol. The monoisotopic (exact) mass is 458 g/mol. The van der Waals surface area contributed by atoms with Gasteiger partial charge in [0.05, 0.1) is 22.9 Å². The Kier molecular flexibility index (Phi) is 5.92. The number of piperidine rings is 1. The highest BCUT2D eigenvalue weighted by Crippen LogP contribution is 2.43. The van der Waals surface area contributed by atoms with Crippen LogP contribution in [0.3, 0.4) is 0 Å². The maximum Gasteiger partial charge on any atom is 0.410 e. The Labute approximate surface area is 189 Å². The number of aromatic nitrogens is 1. The molecule has 1 aromatic carbocycles. The van der Waals surface area contributed by atoms with E-state index in [9.17, 15) is 13.2 Å². The largest absolute Gasteiger partial charge is 0.485 e. The lowest BCUT2D eigenvalue weighted by atomic mass is 9.79. The zero-order valence-corrected chi connectivity index (χ0v) is 19.8. The number of carbonyl (C=O) groups is 1. The summed E-state index contributed by atoms with van der Waals surface area (Å²) in [5.74, 6) is 1.13. The van der Waals surface area contributed by atoms with Gasteiger partial charge in [-0.3, -0.25) is 4.98 Å². The van der Waals surface area contributed by atoms with Gasteiger partial charge in [-0.25, -0.2) is 13.2 Å². The molecule has 1 amide bonds. The van der Waals surface area contributed by atoms with Gasteiger partial charge in [0, 0.05) is 42.8 Å². The van der Waals surface area contributed by atoms with Crippen LogP contribution < -0.4 is 4.74 Å². The number of nitrogens with zero attached hydrogens (tertiary/aromatic N) is 2. The molecule has 1 fully saturated rings. The maximum absolute atomic E-state index is 12.2. The van der Waals surface area contributed by atoms with E-state index in [1.165, 1.54) is 6.26 Å². The van der Waals surface area contributed by atoms with Gasteiger partial charge in [-0.05, 0) is 51.8 Å². The van der Waals surface area contributed by atoms with E-state index in [1.807, 2.05) is 19.9 Å². The quantitative estimate of drug-likeness (QED) is 0.686. The molecule has 0 N–H and O–H groups in total. The normalized spacial score (nSPS) is 21.3. The third kappa shape index (κ3) is 4.60. The minimum atomic E-state index is -3.23. The number of sulfone groups is 1. The minimum Gasteiger partial charge on any atom is -0.485 e. The molecule has 0 unspecified atom stereocenters. The molecule has 32 heavy (non-hydrogen) atoms. The topological polar surface area (TPSA) is 85.8 Å². The van der Waals surface area contributed by atoms with Crippen molar-refractivity contribution in [3.63, 3.8) is 0 Å². The van der Waals surface area contributed by atoms with E-state index in [4.69, 9.17) is 9.47 Å². The molecule has 8 heteroatoms. The zero-order valence-electron chi connectivity index (χ0n) is 19.0. The lowest BCUT2D eigenvalue weighted by molar-refractivity contribution is 0.00552. The van der Waals surface area contributed by atoms with E-state index < -0.39 is 9.84 Å². The summed E-state index contributed by atoms with van der Waals surface area (Å²) in [6.07, 6.45) is 5.11. The zero-order chi connectivity index (χ0) is 23.1. The molecule has 7 nitrogen and oxygen atoms in total. The lowest BCUT2D eigenvalue weighted by Crippen LogP contribution is -2.48. The van der Waals surface area contributed by atoms with Gasteiger partial charge in [0.15, 0.2) is 9.84 Å². The second kappa shape index (κ2) is 8.39. The van der Waals surface area contributed by atoms with Crippen molar-refractivity contribution in [3.8, 4) is 17.0 Å². The minimum absolute atomic E-state index is 0.116. The van der Waals surface area contributed by atoms with E-state index in [0.29, 0.717) is 23.9 Å². The first-order valence-electron chi connectivity index (χ1n) is 11.0. The number of hydrogen-bond acceptors (Lipinski definition) is 6. The fourth-order valence-corrected chi connectivity index (χ4v) is 5.22. The maximum atomic E-state index is 12.2. The molecule has 2 aliphatic heterocycles. The molecule has 172 valence electrons. The van der Waals surface area contributed by atoms with Crippen molar-refractivity contribution >= 4 is 15.9 Å². The van der Waals surface area contributed by atoms with Gasteiger partial charge in [-0.1, -0.05) is 12.1 Å². The van der Waals surface area contributed by atoms with E-state index >= 15 is 0 Å². The SMILES string of the molecule is CC(C)OC(=O)N1CCC([C@]2(C)Cc3cc(-c4ccc(S(C)(=O)=O)cc4)ncc3O2)CC1. The van der Waals surface area contributed by atoms with Crippen LogP contribution in [0, 0.1) is 5.92 Å². The van der Waals surface area contributed by atoms with Gasteiger partial charge in [0.1, 0.15) is 11.4 Å². The van der Waals surface area contributed by atoms with Crippen molar-refractivity contribution in [1.29, 1.82) is 0 Å². The van der Waals surface area contributed by atoms with E-state index in [1.54, 1.807) is 35.4 Å². The van der Waals surface area contributed by atoms with E-state index in [0.717, 1.165) is 41.8 Å². The molecule has 0 radical (unpaired) electrons. The summed E-state index contributed by atoms with van der Waals surface area (Å²) >= 11 is 0. The van der Waals surface area contributed by atoms with Crippen molar-refractivity contribution < 1.29 is 22.7 Å². The summed E-state index contributed by atoms with van der Waals surface area (Å²) in [6.45, 7) is 7.19. The van der Waals surface area contributed by atoms with Crippen LogP contribution in [0.4, 0.5) is 4.79 Å². The van der Waals surface area contributed by atoms with Gasteiger partial charge >= 0.3 is 6.09 Å². The Morgan fingerprint density at radius 3 is 2.47 bits per heavy atom. The first-order chi connectivity index (χ1) is 15.0.